The molecule has 0 rings (SSSR count). The van der Waals surface area contributed by atoms with Crippen LogP contribution in [0.3, 0.4) is 0 Å². The molecule has 0 spiro atoms. The Bertz CT molecular complexity index is 187. The average Bonchev–Trinajstić information content (AvgIpc) is 2.00. The van der Waals surface area contributed by atoms with Gasteiger partial charge in [-0.2, -0.15) is 13.2 Å². The normalized spacial score (nSPS) is 12.9. The molecule has 0 aliphatic heterocycles. The molecule has 14 heavy (non-hydrogen) atoms. The molecular formula is C8H16F3N3. The number of nitrogens with zero attached hydrogens (tertiary/aromatic N) is 2. The molecule has 0 fully saturated rings. The molecule has 3 nitrogen and oxygen atoms in total. The first-order valence-corrected chi connectivity index (χ1v) is 4.39. The van der Waals surface area contributed by atoms with Crippen molar-refractivity contribution >= 4 is 5.96 Å². The van der Waals surface area contributed by atoms with Gasteiger partial charge in [0.2, 0.25) is 0 Å². The standard InChI is InChI=1S/C8H16F3N3/c1-4-12-7(14(2)3)13-6-5-8(9,10)11/h4-6H2,1-3H3,(H,12,13). The van der Waals surface area contributed by atoms with Crippen molar-refractivity contribution in [3.8, 4) is 0 Å². The Balaban J connectivity index is 4.04. The second-order valence-electron chi connectivity index (χ2n) is 3.00. The number of hydrogen-bond acceptors (Lipinski definition) is 1. The quantitative estimate of drug-likeness (QED) is 0.565. The van der Waals surface area contributed by atoms with Crippen LogP contribution in [0.4, 0.5) is 13.2 Å². The molecule has 1 N–H and O–H groups in total. The smallest absolute Gasteiger partial charge is 0.357 e. The van der Waals surface area contributed by atoms with Gasteiger partial charge in [0.25, 0.3) is 0 Å². The lowest BCUT2D eigenvalue weighted by molar-refractivity contribution is -0.132. The molecule has 0 heterocycles. The zero-order valence-electron chi connectivity index (χ0n) is 8.65. The van der Waals surface area contributed by atoms with Gasteiger partial charge in [-0.1, -0.05) is 0 Å². The fourth-order valence-corrected chi connectivity index (χ4v) is 0.802. The van der Waals surface area contributed by atoms with Crippen molar-refractivity contribution < 1.29 is 13.2 Å². The summed E-state index contributed by atoms with van der Waals surface area (Å²) in [7, 11) is 3.46. The summed E-state index contributed by atoms with van der Waals surface area (Å²) in [6.07, 6.45) is -5.01. The SMILES string of the molecule is CCNC(=NCCC(F)(F)F)N(C)C. The van der Waals surface area contributed by atoms with Crippen molar-refractivity contribution in [2.45, 2.75) is 19.5 Å². The molecule has 0 saturated heterocycles. The summed E-state index contributed by atoms with van der Waals surface area (Å²) in [5.74, 6) is 0.483. The number of halogens is 3. The fraction of sp³-hybridized carbons (Fsp3) is 0.875. The first-order chi connectivity index (χ1) is 6.37. The lowest BCUT2D eigenvalue weighted by Crippen LogP contribution is -2.36. The number of alkyl halides is 3. The van der Waals surface area contributed by atoms with Gasteiger partial charge in [0, 0.05) is 20.6 Å². The van der Waals surface area contributed by atoms with Crippen LogP contribution in [0.25, 0.3) is 0 Å². The highest BCUT2D eigenvalue weighted by atomic mass is 19.4. The molecule has 0 radical (unpaired) electrons. The Morgan fingerprint density at radius 3 is 2.29 bits per heavy atom. The van der Waals surface area contributed by atoms with Crippen LogP contribution in [-0.4, -0.2) is 44.2 Å². The zero-order valence-corrected chi connectivity index (χ0v) is 8.65. The third-order valence-electron chi connectivity index (χ3n) is 1.42. The predicted octanol–water partition coefficient (Wildman–Crippen LogP) is 1.47. The summed E-state index contributed by atoms with van der Waals surface area (Å²) in [6.45, 7) is 2.27. The Labute approximate surface area is 82.0 Å². The van der Waals surface area contributed by atoms with E-state index in [9.17, 15) is 13.2 Å². The van der Waals surface area contributed by atoms with Gasteiger partial charge >= 0.3 is 6.18 Å². The van der Waals surface area contributed by atoms with Gasteiger partial charge in [-0.25, -0.2) is 0 Å². The van der Waals surface area contributed by atoms with Crippen molar-refractivity contribution in [3.63, 3.8) is 0 Å². The molecule has 6 heteroatoms. The number of guanidine groups is 1. The van der Waals surface area contributed by atoms with Gasteiger partial charge < -0.3 is 10.2 Å². The molecule has 0 aromatic carbocycles. The minimum atomic E-state index is -4.13. The van der Waals surface area contributed by atoms with E-state index in [0.29, 0.717) is 12.5 Å². The first kappa shape index (κ1) is 13.1. The molecule has 0 saturated carbocycles. The lowest BCUT2D eigenvalue weighted by Gasteiger charge is -2.16. The molecule has 0 aromatic heterocycles. The van der Waals surface area contributed by atoms with E-state index in [1.807, 2.05) is 6.92 Å². The molecule has 0 amide bonds. The molecule has 0 unspecified atom stereocenters. The highest BCUT2D eigenvalue weighted by Crippen LogP contribution is 2.18. The van der Waals surface area contributed by atoms with E-state index in [2.05, 4.69) is 10.3 Å². The topological polar surface area (TPSA) is 27.6 Å². The maximum atomic E-state index is 11.8. The van der Waals surface area contributed by atoms with E-state index >= 15 is 0 Å². The molecule has 0 aliphatic rings. The van der Waals surface area contributed by atoms with Crippen molar-refractivity contribution in [1.82, 2.24) is 10.2 Å². The van der Waals surface area contributed by atoms with Gasteiger partial charge in [0.05, 0.1) is 13.0 Å². The van der Waals surface area contributed by atoms with Crippen LogP contribution in [0.1, 0.15) is 13.3 Å². The third-order valence-corrected chi connectivity index (χ3v) is 1.42. The summed E-state index contributed by atoms with van der Waals surface area (Å²) in [5.41, 5.74) is 0. The first-order valence-electron chi connectivity index (χ1n) is 4.39. The largest absolute Gasteiger partial charge is 0.390 e. The maximum Gasteiger partial charge on any atom is 0.390 e. The van der Waals surface area contributed by atoms with Crippen LogP contribution in [-0.2, 0) is 0 Å². The van der Waals surface area contributed by atoms with E-state index in [1.165, 1.54) is 0 Å². The zero-order chi connectivity index (χ0) is 11.2. The van der Waals surface area contributed by atoms with Crippen LogP contribution < -0.4 is 5.32 Å². The second-order valence-corrected chi connectivity index (χ2v) is 3.00. The van der Waals surface area contributed by atoms with E-state index in [0.717, 1.165) is 0 Å². The summed E-state index contributed by atoms with van der Waals surface area (Å²) < 4.78 is 35.4. The summed E-state index contributed by atoms with van der Waals surface area (Å²) in [5, 5.41) is 2.88. The van der Waals surface area contributed by atoms with Crippen LogP contribution in [0.15, 0.2) is 4.99 Å². The van der Waals surface area contributed by atoms with Crippen molar-refractivity contribution in [2.75, 3.05) is 27.2 Å². The van der Waals surface area contributed by atoms with Gasteiger partial charge in [-0.05, 0) is 6.92 Å². The number of hydrogen-bond donors (Lipinski definition) is 1. The minimum absolute atomic E-state index is 0.232. The molecule has 0 aliphatic carbocycles. The van der Waals surface area contributed by atoms with Crippen molar-refractivity contribution in [3.05, 3.63) is 0 Å². The number of rotatable bonds is 3. The Morgan fingerprint density at radius 2 is 1.93 bits per heavy atom. The van der Waals surface area contributed by atoms with Crippen LogP contribution in [0.5, 0.6) is 0 Å². The molecule has 0 atom stereocenters. The van der Waals surface area contributed by atoms with E-state index in [4.69, 9.17) is 0 Å². The Kier molecular flexibility index (Phi) is 5.34. The van der Waals surface area contributed by atoms with Crippen LogP contribution in [0.2, 0.25) is 0 Å². The third kappa shape index (κ3) is 6.56. The summed E-state index contributed by atoms with van der Waals surface area (Å²) in [4.78, 5) is 5.46. The summed E-state index contributed by atoms with van der Waals surface area (Å²) >= 11 is 0. The van der Waals surface area contributed by atoms with E-state index in [1.54, 1.807) is 19.0 Å². The van der Waals surface area contributed by atoms with Gasteiger partial charge in [0.1, 0.15) is 0 Å². The molecule has 0 aromatic rings. The molecule has 0 bridgehead atoms. The van der Waals surface area contributed by atoms with Gasteiger partial charge in [0.15, 0.2) is 5.96 Å². The predicted molar refractivity (Wildman–Crippen MR) is 50.3 cm³/mol. The highest BCUT2D eigenvalue weighted by Gasteiger charge is 2.26. The van der Waals surface area contributed by atoms with E-state index < -0.39 is 12.6 Å². The maximum absolute atomic E-state index is 11.8. The molecule has 84 valence electrons. The Hall–Kier alpha value is -0.940. The number of nitrogens with one attached hydrogen (secondary N) is 1. The van der Waals surface area contributed by atoms with Crippen molar-refractivity contribution in [2.24, 2.45) is 4.99 Å². The summed E-state index contributed by atoms with van der Waals surface area (Å²) in [6, 6.07) is 0. The lowest BCUT2D eigenvalue weighted by atomic mass is 10.4. The number of aliphatic imine (C=N–C) groups is 1. The highest BCUT2D eigenvalue weighted by molar-refractivity contribution is 5.79. The van der Waals surface area contributed by atoms with Crippen molar-refractivity contribution in [1.29, 1.82) is 0 Å². The Morgan fingerprint density at radius 1 is 1.36 bits per heavy atom. The monoisotopic (exact) mass is 211 g/mol. The van der Waals surface area contributed by atoms with Gasteiger partial charge in [-0.3, -0.25) is 4.99 Å². The van der Waals surface area contributed by atoms with Gasteiger partial charge in [-0.15, -0.1) is 0 Å². The minimum Gasteiger partial charge on any atom is -0.357 e. The second kappa shape index (κ2) is 5.72. The van der Waals surface area contributed by atoms with Crippen LogP contribution in [0, 0.1) is 0 Å². The fourth-order valence-electron chi connectivity index (χ4n) is 0.802. The average molecular weight is 211 g/mol. The van der Waals surface area contributed by atoms with E-state index in [-0.39, 0.29) is 6.54 Å². The molecular weight excluding hydrogens is 195 g/mol. The van der Waals surface area contributed by atoms with Crippen LogP contribution >= 0.6 is 0 Å².